The second-order valence-corrected chi connectivity index (χ2v) is 10.5. The second-order valence-electron chi connectivity index (χ2n) is 10.5. The van der Waals surface area contributed by atoms with Crippen molar-refractivity contribution in [3.63, 3.8) is 0 Å². The molecule has 1 aliphatic carbocycles. The standard InChI is InChI=1S/C29H39N3O/c1-20-22(3)32(33-27-14-8-12-25(18-27)23-15-16-23)29(30-26-13-9-17-31(4)19-26)21(2)28(20)24-10-6-5-7-11-24/h5-8,10-12,14,18,20,22-23,26,28,30H,9,13,15-17,19H2,1-4H3/t20?,22?,26-,28?/m1/s1. The zero-order valence-corrected chi connectivity index (χ0v) is 20.6. The molecule has 0 spiro atoms. The van der Waals surface area contributed by atoms with Crippen LogP contribution in [0.5, 0.6) is 5.75 Å². The number of hydrogen-bond donors (Lipinski definition) is 1. The van der Waals surface area contributed by atoms with E-state index < -0.39 is 0 Å². The van der Waals surface area contributed by atoms with Crippen molar-refractivity contribution in [2.45, 2.75) is 70.4 Å². The summed E-state index contributed by atoms with van der Waals surface area (Å²) in [5.74, 6) is 3.64. The van der Waals surface area contributed by atoms with Crippen molar-refractivity contribution in [3.05, 3.63) is 77.1 Å². The summed E-state index contributed by atoms with van der Waals surface area (Å²) in [7, 11) is 2.23. The predicted octanol–water partition coefficient (Wildman–Crippen LogP) is 5.90. The third kappa shape index (κ3) is 4.77. The quantitative estimate of drug-likeness (QED) is 0.599. The summed E-state index contributed by atoms with van der Waals surface area (Å²) >= 11 is 0. The van der Waals surface area contributed by atoms with Crippen molar-refractivity contribution >= 4 is 0 Å². The number of hydroxylamine groups is 2. The van der Waals surface area contributed by atoms with Crippen LogP contribution in [-0.2, 0) is 0 Å². The first-order valence-corrected chi connectivity index (χ1v) is 12.8. The van der Waals surface area contributed by atoms with Crippen molar-refractivity contribution in [1.82, 2.24) is 15.3 Å². The van der Waals surface area contributed by atoms with Crippen LogP contribution in [0.15, 0.2) is 66.0 Å². The molecule has 2 aliphatic heterocycles. The lowest BCUT2D eigenvalue weighted by atomic mass is 9.76. The molecule has 1 N–H and O–H groups in total. The van der Waals surface area contributed by atoms with E-state index in [4.69, 9.17) is 4.84 Å². The fourth-order valence-electron chi connectivity index (χ4n) is 5.76. The van der Waals surface area contributed by atoms with E-state index in [0.717, 1.165) is 24.0 Å². The van der Waals surface area contributed by atoms with Crippen LogP contribution in [0.4, 0.5) is 0 Å². The molecule has 3 aliphatic rings. The summed E-state index contributed by atoms with van der Waals surface area (Å²) in [5, 5.41) is 6.13. The van der Waals surface area contributed by atoms with E-state index >= 15 is 0 Å². The molecule has 0 aromatic heterocycles. The third-order valence-corrected chi connectivity index (χ3v) is 7.95. The normalized spacial score (nSPS) is 28.7. The molecule has 0 amide bonds. The Hall–Kier alpha value is -2.46. The van der Waals surface area contributed by atoms with Gasteiger partial charge in [-0.05, 0) is 93.8 Å². The van der Waals surface area contributed by atoms with Gasteiger partial charge in [0, 0.05) is 18.5 Å². The number of benzene rings is 2. The van der Waals surface area contributed by atoms with Gasteiger partial charge in [0.2, 0.25) is 0 Å². The van der Waals surface area contributed by atoms with Crippen LogP contribution in [0.25, 0.3) is 0 Å². The molecule has 4 atom stereocenters. The fourth-order valence-corrected chi connectivity index (χ4v) is 5.76. The van der Waals surface area contributed by atoms with Crippen molar-refractivity contribution in [2.75, 3.05) is 20.1 Å². The van der Waals surface area contributed by atoms with Crippen LogP contribution >= 0.6 is 0 Å². The lowest BCUT2D eigenvalue weighted by Gasteiger charge is -2.46. The van der Waals surface area contributed by atoms with Crippen LogP contribution in [0, 0.1) is 5.92 Å². The lowest BCUT2D eigenvalue weighted by molar-refractivity contribution is -0.0920. The molecule has 4 heteroatoms. The number of hydrogen-bond acceptors (Lipinski definition) is 4. The molecule has 2 heterocycles. The molecule has 3 unspecified atom stereocenters. The van der Waals surface area contributed by atoms with Gasteiger partial charge >= 0.3 is 0 Å². The van der Waals surface area contributed by atoms with Gasteiger partial charge in [0.05, 0.1) is 6.04 Å². The Morgan fingerprint density at radius 3 is 2.42 bits per heavy atom. The highest BCUT2D eigenvalue weighted by atomic mass is 16.7. The minimum atomic E-state index is 0.243. The Morgan fingerprint density at radius 2 is 1.70 bits per heavy atom. The third-order valence-electron chi connectivity index (χ3n) is 7.95. The van der Waals surface area contributed by atoms with Crippen molar-refractivity contribution < 1.29 is 4.84 Å². The summed E-state index contributed by atoms with van der Waals surface area (Å²) < 4.78 is 0. The van der Waals surface area contributed by atoms with Crippen LogP contribution < -0.4 is 10.2 Å². The molecule has 0 radical (unpaired) electrons. The van der Waals surface area contributed by atoms with E-state index in [0.29, 0.717) is 17.9 Å². The Balaban J connectivity index is 1.49. The molecule has 1 saturated heterocycles. The van der Waals surface area contributed by atoms with Crippen LogP contribution in [0.2, 0.25) is 0 Å². The molecule has 33 heavy (non-hydrogen) atoms. The number of nitrogens with one attached hydrogen (secondary N) is 1. The molecule has 2 fully saturated rings. The highest BCUT2D eigenvalue weighted by molar-refractivity contribution is 5.36. The number of nitrogens with zero attached hydrogens (tertiary/aromatic N) is 2. The number of piperidine rings is 1. The Morgan fingerprint density at radius 1 is 0.939 bits per heavy atom. The predicted molar refractivity (Wildman–Crippen MR) is 135 cm³/mol. The average Bonchev–Trinajstić information content (AvgIpc) is 3.67. The minimum absolute atomic E-state index is 0.243. The molecular formula is C29H39N3O. The molecule has 2 aromatic rings. The van der Waals surface area contributed by atoms with E-state index in [9.17, 15) is 0 Å². The van der Waals surface area contributed by atoms with E-state index in [2.05, 4.69) is 97.7 Å². The summed E-state index contributed by atoms with van der Waals surface area (Å²) in [6.07, 6.45) is 5.05. The van der Waals surface area contributed by atoms with Crippen molar-refractivity contribution in [3.8, 4) is 5.75 Å². The first kappa shape index (κ1) is 22.3. The van der Waals surface area contributed by atoms with Crippen LogP contribution in [0.1, 0.15) is 69.4 Å². The molecule has 4 nitrogen and oxygen atoms in total. The maximum atomic E-state index is 6.69. The first-order chi connectivity index (χ1) is 16.0. The largest absolute Gasteiger partial charge is 0.378 e. The fraction of sp³-hybridized carbons (Fsp3) is 0.517. The maximum Gasteiger partial charge on any atom is 0.155 e. The Labute approximate surface area is 199 Å². The van der Waals surface area contributed by atoms with Gasteiger partial charge in [-0.15, -0.1) is 0 Å². The number of likely N-dealkylation sites (tertiary alicyclic amines) is 1. The molecule has 176 valence electrons. The van der Waals surface area contributed by atoms with Gasteiger partial charge in [0.15, 0.2) is 5.75 Å². The number of rotatable bonds is 6. The topological polar surface area (TPSA) is 27.7 Å². The highest BCUT2D eigenvalue weighted by Gasteiger charge is 2.40. The van der Waals surface area contributed by atoms with Crippen LogP contribution in [0.3, 0.4) is 0 Å². The van der Waals surface area contributed by atoms with Gasteiger partial charge in [-0.1, -0.05) is 49.4 Å². The van der Waals surface area contributed by atoms with Crippen molar-refractivity contribution in [1.29, 1.82) is 0 Å². The summed E-state index contributed by atoms with van der Waals surface area (Å²) in [6, 6.07) is 20.4. The molecule has 0 bridgehead atoms. The van der Waals surface area contributed by atoms with E-state index in [1.165, 1.54) is 48.9 Å². The zero-order valence-electron chi connectivity index (χ0n) is 20.6. The van der Waals surface area contributed by atoms with E-state index in [1.54, 1.807) is 0 Å². The van der Waals surface area contributed by atoms with Gasteiger partial charge in [-0.3, -0.25) is 0 Å². The molecule has 2 aromatic carbocycles. The average molecular weight is 446 g/mol. The summed E-state index contributed by atoms with van der Waals surface area (Å²) in [6.45, 7) is 9.23. The van der Waals surface area contributed by atoms with Gasteiger partial charge < -0.3 is 15.1 Å². The van der Waals surface area contributed by atoms with Crippen molar-refractivity contribution in [2.24, 2.45) is 5.92 Å². The molecule has 1 saturated carbocycles. The summed E-state index contributed by atoms with van der Waals surface area (Å²) in [4.78, 5) is 9.13. The lowest BCUT2D eigenvalue weighted by Crippen LogP contribution is -2.53. The highest BCUT2D eigenvalue weighted by Crippen LogP contribution is 2.44. The smallest absolute Gasteiger partial charge is 0.155 e. The van der Waals surface area contributed by atoms with E-state index in [-0.39, 0.29) is 6.04 Å². The van der Waals surface area contributed by atoms with Crippen LogP contribution in [-0.4, -0.2) is 42.2 Å². The van der Waals surface area contributed by atoms with E-state index in [1.807, 2.05) is 0 Å². The number of likely N-dealkylation sites (N-methyl/N-ethyl adjacent to an activating group) is 1. The van der Waals surface area contributed by atoms with Gasteiger partial charge in [-0.25, -0.2) is 0 Å². The number of allylic oxidation sites excluding steroid dienone is 1. The first-order valence-electron chi connectivity index (χ1n) is 12.8. The summed E-state index contributed by atoms with van der Waals surface area (Å²) in [5.41, 5.74) is 4.18. The Bertz CT molecular complexity index is 983. The van der Waals surface area contributed by atoms with Gasteiger partial charge in [0.1, 0.15) is 5.82 Å². The van der Waals surface area contributed by atoms with Gasteiger partial charge in [0.25, 0.3) is 0 Å². The Kier molecular flexibility index (Phi) is 6.38. The monoisotopic (exact) mass is 445 g/mol. The maximum absolute atomic E-state index is 6.69. The second kappa shape index (κ2) is 9.42. The molecular weight excluding hydrogens is 406 g/mol. The minimum Gasteiger partial charge on any atom is -0.378 e. The van der Waals surface area contributed by atoms with Gasteiger partial charge in [-0.2, -0.15) is 5.06 Å². The zero-order chi connectivity index (χ0) is 22.9. The SMILES string of the molecule is CC1=C(N[C@@H]2CCCN(C)C2)N(Oc2cccc(C3CC3)c2)C(C)C(C)C1c1ccccc1. The molecule has 5 rings (SSSR count).